The fourth-order valence-electron chi connectivity index (χ4n) is 3.90. The van der Waals surface area contributed by atoms with Gasteiger partial charge in [-0.1, -0.05) is 42.5 Å². The summed E-state index contributed by atoms with van der Waals surface area (Å²) in [5.74, 6) is 1.64. The molecule has 2 aliphatic rings. The molecule has 5 heteroatoms. The largest absolute Gasteiger partial charge is 0.490 e. The topological polar surface area (TPSA) is 33.7 Å². The van der Waals surface area contributed by atoms with Gasteiger partial charge in [0, 0.05) is 18.5 Å². The molecule has 4 rings (SSSR count). The molecule has 0 spiro atoms. The summed E-state index contributed by atoms with van der Waals surface area (Å²) in [4.78, 5) is 2.18. The quantitative estimate of drug-likeness (QED) is 0.805. The highest BCUT2D eigenvalue weighted by atomic mass is 32.1. The molecular formula is C21H24N2O2S. The van der Waals surface area contributed by atoms with Crippen LogP contribution in [0.2, 0.25) is 0 Å². The second-order valence-corrected chi connectivity index (χ2v) is 7.36. The van der Waals surface area contributed by atoms with Crippen molar-refractivity contribution in [3.8, 4) is 11.5 Å². The first-order valence-corrected chi connectivity index (χ1v) is 9.58. The van der Waals surface area contributed by atoms with E-state index in [0.29, 0.717) is 6.61 Å². The number of rotatable bonds is 5. The Morgan fingerprint density at radius 3 is 2.81 bits per heavy atom. The van der Waals surface area contributed by atoms with Crippen LogP contribution >= 0.6 is 12.2 Å². The van der Waals surface area contributed by atoms with Crippen LogP contribution in [0.1, 0.15) is 37.4 Å². The molecule has 2 atom stereocenters. The lowest BCUT2D eigenvalue weighted by molar-refractivity contribution is -0.0693. The molecule has 1 fully saturated rings. The van der Waals surface area contributed by atoms with Gasteiger partial charge in [-0.2, -0.15) is 0 Å². The lowest BCUT2D eigenvalue weighted by Gasteiger charge is -2.52. The minimum Gasteiger partial charge on any atom is -0.490 e. The van der Waals surface area contributed by atoms with E-state index in [1.165, 1.54) is 5.56 Å². The molecule has 0 amide bonds. The molecule has 4 nitrogen and oxygen atoms in total. The van der Waals surface area contributed by atoms with Gasteiger partial charge in [0.05, 0.1) is 12.6 Å². The van der Waals surface area contributed by atoms with Gasteiger partial charge in [0.1, 0.15) is 0 Å². The van der Waals surface area contributed by atoms with Crippen LogP contribution in [-0.4, -0.2) is 28.9 Å². The van der Waals surface area contributed by atoms with Crippen LogP contribution in [0.4, 0.5) is 0 Å². The van der Waals surface area contributed by atoms with Crippen molar-refractivity contribution in [2.75, 3.05) is 13.2 Å². The van der Waals surface area contributed by atoms with Gasteiger partial charge in [0.2, 0.25) is 0 Å². The van der Waals surface area contributed by atoms with Crippen molar-refractivity contribution in [1.29, 1.82) is 0 Å². The van der Waals surface area contributed by atoms with Gasteiger partial charge >= 0.3 is 0 Å². The molecule has 0 aromatic heterocycles. The Morgan fingerprint density at radius 1 is 1.23 bits per heavy atom. The van der Waals surface area contributed by atoms with Crippen molar-refractivity contribution in [2.45, 2.75) is 38.5 Å². The predicted molar refractivity (Wildman–Crippen MR) is 107 cm³/mol. The number of hydrogen-bond donors (Lipinski definition) is 1. The minimum absolute atomic E-state index is 0.157. The van der Waals surface area contributed by atoms with Crippen molar-refractivity contribution in [3.63, 3.8) is 0 Å². The predicted octanol–water partition coefficient (Wildman–Crippen LogP) is 4.06. The standard InChI is InChI=1S/C21H24N2O2S/c1-3-24-18-11-7-10-16-17-14-21(2,25-19(16)18)23(20(26)22-17)13-12-15-8-5-4-6-9-15/h4-11,17H,3,12-14H2,1-2H3,(H,22,26)/t17-,21+/m1/s1. The monoisotopic (exact) mass is 368 g/mol. The van der Waals surface area contributed by atoms with Crippen LogP contribution in [0.3, 0.4) is 0 Å². The molecule has 136 valence electrons. The van der Waals surface area contributed by atoms with Gasteiger partial charge in [0.15, 0.2) is 22.3 Å². The van der Waals surface area contributed by atoms with E-state index < -0.39 is 5.72 Å². The van der Waals surface area contributed by atoms with Gasteiger partial charge in [-0.05, 0) is 44.1 Å². The lowest BCUT2D eigenvalue weighted by atomic mass is 9.90. The van der Waals surface area contributed by atoms with Gasteiger partial charge in [0.25, 0.3) is 0 Å². The molecule has 1 N–H and O–H groups in total. The first kappa shape index (κ1) is 17.2. The lowest BCUT2D eigenvalue weighted by Crippen LogP contribution is -2.64. The number of para-hydroxylation sites is 1. The first-order valence-electron chi connectivity index (χ1n) is 9.17. The van der Waals surface area contributed by atoms with Gasteiger partial charge in [-0.25, -0.2) is 0 Å². The highest BCUT2D eigenvalue weighted by Gasteiger charge is 2.48. The van der Waals surface area contributed by atoms with Crippen LogP contribution in [0, 0.1) is 0 Å². The third-order valence-corrected chi connectivity index (χ3v) is 5.51. The van der Waals surface area contributed by atoms with E-state index in [9.17, 15) is 0 Å². The molecule has 0 aliphatic carbocycles. The highest BCUT2D eigenvalue weighted by molar-refractivity contribution is 7.80. The Balaban J connectivity index is 1.62. The zero-order valence-corrected chi connectivity index (χ0v) is 16.0. The second kappa shape index (κ2) is 6.80. The molecule has 2 bridgehead atoms. The Kier molecular flexibility index (Phi) is 4.49. The molecule has 2 aliphatic heterocycles. The number of benzene rings is 2. The van der Waals surface area contributed by atoms with Gasteiger partial charge in [-0.3, -0.25) is 0 Å². The summed E-state index contributed by atoms with van der Waals surface area (Å²) in [5.41, 5.74) is 1.95. The molecule has 0 unspecified atom stereocenters. The number of ether oxygens (including phenoxy) is 2. The molecule has 26 heavy (non-hydrogen) atoms. The maximum Gasteiger partial charge on any atom is 0.184 e. The van der Waals surface area contributed by atoms with Crippen LogP contribution < -0.4 is 14.8 Å². The third kappa shape index (κ3) is 3.01. The molecule has 2 heterocycles. The molecule has 2 aromatic rings. The van der Waals surface area contributed by atoms with E-state index in [1.807, 2.05) is 25.1 Å². The summed E-state index contributed by atoms with van der Waals surface area (Å²) < 4.78 is 12.3. The van der Waals surface area contributed by atoms with Crippen molar-refractivity contribution in [2.24, 2.45) is 0 Å². The Morgan fingerprint density at radius 2 is 2.04 bits per heavy atom. The zero-order chi connectivity index (χ0) is 18.1. The minimum atomic E-state index is -0.470. The summed E-state index contributed by atoms with van der Waals surface area (Å²) >= 11 is 5.69. The summed E-state index contributed by atoms with van der Waals surface area (Å²) in [6.45, 7) is 5.55. The molecular weight excluding hydrogens is 344 g/mol. The zero-order valence-electron chi connectivity index (χ0n) is 15.2. The first-order chi connectivity index (χ1) is 12.6. The number of fused-ring (bicyclic) bond motifs is 4. The van der Waals surface area contributed by atoms with E-state index in [2.05, 4.69) is 47.5 Å². The molecule has 1 saturated heterocycles. The number of nitrogens with one attached hydrogen (secondary N) is 1. The normalized spacial score (nSPS) is 23.7. The molecule has 2 aromatic carbocycles. The van der Waals surface area contributed by atoms with E-state index in [4.69, 9.17) is 21.7 Å². The average molecular weight is 369 g/mol. The SMILES string of the molecule is CCOc1cccc2c1O[C@@]1(C)C[C@H]2NC(=S)N1CCc1ccccc1. The highest BCUT2D eigenvalue weighted by Crippen LogP contribution is 2.48. The van der Waals surface area contributed by atoms with E-state index >= 15 is 0 Å². The smallest absolute Gasteiger partial charge is 0.184 e. The van der Waals surface area contributed by atoms with Crippen molar-refractivity contribution in [3.05, 3.63) is 59.7 Å². The molecule has 0 saturated carbocycles. The van der Waals surface area contributed by atoms with Gasteiger partial charge in [-0.15, -0.1) is 0 Å². The summed E-state index contributed by atoms with van der Waals surface area (Å²) in [6, 6.07) is 16.7. The summed E-state index contributed by atoms with van der Waals surface area (Å²) in [5, 5.41) is 4.26. The summed E-state index contributed by atoms with van der Waals surface area (Å²) in [7, 11) is 0. The van der Waals surface area contributed by atoms with E-state index in [-0.39, 0.29) is 6.04 Å². The Bertz CT molecular complexity index is 811. The van der Waals surface area contributed by atoms with Crippen LogP contribution in [0.25, 0.3) is 0 Å². The second-order valence-electron chi connectivity index (χ2n) is 6.98. The number of hydrogen-bond acceptors (Lipinski definition) is 3. The van der Waals surface area contributed by atoms with Gasteiger partial charge < -0.3 is 19.7 Å². The van der Waals surface area contributed by atoms with Crippen molar-refractivity contribution >= 4 is 17.3 Å². The fraction of sp³-hybridized carbons (Fsp3) is 0.381. The van der Waals surface area contributed by atoms with E-state index in [0.717, 1.165) is 41.6 Å². The average Bonchev–Trinajstić information content (AvgIpc) is 2.63. The molecule has 0 radical (unpaired) electrons. The number of thiocarbonyl (C=S) groups is 1. The maximum absolute atomic E-state index is 6.52. The fourth-order valence-corrected chi connectivity index (χ4v) is 4.32. The van der Waals surface area contributed by atoms with Crippen LogP contribution in [0.15, 0.2) is 48.5 Å². The van der Waals surface area contributed by atoms with E-state index in [1.54, 1.807) is 0 Å². The Hall–Kier alpha value is -2.27. The summed E-state index contributed by atoms with van der Waals surface area (Å²) in [6.07, 6.45) is 1.77. The van der Waals surface area contributed by atoms with Crippen molar-refractivity contribution < 1.29 is 9.47 Å². The maximum atomic E-state index is 6.52. The van der Waals surface area contributed by atoms with Crippen molar-refractivity contribution in [1.82, 2.24) is 10.2 Å². The third-order valence-electron chi connectivity index (χ3n) is 5.17. The van der Waals surface area contributed by atoms with Crippen LogP contribution in [0.5, 0.6) is 11.5 Å². The number of nitrogens with zero attached hydrogens (tertiary/aromatic N) is 1. The van der Waals surface area contributed by atoms with Crippen LogP contribution in [-0.2, 0) is 6.42 Å². The Labute approximate surface area is 160 Å².